The van der Waals surface area contributed by atoms with Gasteiger partial charge >= 0.3 is 18.1 Å². The van der Waals surface area contributed by atoms with Gasteiger partial charge in [0.15, 0.2) is 0 Å². The highest BCUT2D eigenvalue weighted by Gasteiger charge is 2.38. The lowest BCUT2D eigenvalue weighted by Crippen LogP contribution is -2.22. The number of carboxylic acid groups (broad SMARTS) is 2. The van der Waals surface area contributed by atoms with Gasteiger partial charge in [0.05, 0.1) is 11.3 Å². The third-order valence-electron chi connectivity index (χ3n) is 5.56. The number of aromatic carboxylic acids is 1. The fourth-order valence-corrected chi connectivity index (χ4v) is 3.83. The van der Waals surface area contributed by atoms with E-state index in [1.54, 1.807) is 36.4 Å². The molecule has 1 fully saturated rings. The number of alkyl halides is 3. The van der Waals surface area contributed by atoms with Crippen molar-refractivity contribution in [1.29, 1.82) is 0 Å². The Morgan fingerprint density at radius 3 is 2.03 bits per heavy atom. The Balaban J connectivity index is 0.000000454. The molecule has 1 unspecified atom stereocenters. The Morgan fingerprint density at radius 2 is 1.47 bits per heavy atom. The number of halogens is 3. The van der Waals surface area contributed by atoms with Crippen molar-refractivity contribution in [3.05, 3.63) is 95.6 Å². The first-order valence-electron chi connectivity index (χ1n) is 10.9. The molecule has 4 rings (SSSR count). The number of anilines is 2. The zero-order chi connectivity index (χ0) is 26.3. The molecule has 1 aliphatic rings. The van der Waals surface area contributed by atoms with Crippen molar-refractivity contribution in [3.63, 3.8) is 0 Å². The van der Waals surface area contributed by atoms with Gasteiger partial charge in [-0.2, -0.15) is 13.2 Å². The minimum absolute atomic E-state index is 0.199. The largest absolute Gasteiger partial charge is 0.490 e. The smallest absolute Gasteiger partial charge is 0.478 e. The van der Waals surface area contributed by atoms with Crippen molar-refractivity contribution in [1.82, 2.24) is 0 Å². The Kier molecular flexibility index (Phi) is 8.31. The molecule has 188 valence electrons. The van der Waals surface area contributed by atoms with Gasteiger partial charge in [-0.15, -0.1) is 0 Å². The summed E-state index contributed by atoms with van der Waals surface area (Å²) in [5.41, 5.74) is 3.16. The minimum atomic E-state index is -5.08. The monoisotopic (exact) mass is 500 g/mol. The van der Waals surface area contributed by atoms with Crippen molar-refractivity contribution in [2.24, 2.45) is 0 Å². The number of rotatable bonds is 5. The molecule has 1 saturated heterocycles. The SMILES string of the molecule is O=C(Nc1ccc(N2CCC(c3ccccc3)C2)c(C(=O)O)c1)c1ccccc1.O=C(O)C(F)(F)F. The lowest BCUT2D eigenvalue weighted by atomic mass is 9.99. The van der Waals surface area contributed by atoms with Gasteiger partial charge in [0.1, 0.15) is 0 Å². The second-order valence-corrected chi connectivity index (χ2v) is 8.00. The van der Waals surface area contributed by atoms with Crippen LogP contribution in [0.2, 0.25) is 0 Å². The normalized spacial score (nSPS) is 15.0. The zero-order valence-electron chi connectivity index (χ0n) is 18.9. The molecule has 3 aromatic rings. The molecule has 0 spiro atoms. The number of nitrogens with zero attached hydrogens (tertiary/aromatic N) is 1. The highest BCUT2D eigenvalue weighted by molar-refractivity contribution is 6.05. The molecule has 1 amide bonds. The van der Waals surface area contributed by atoms with Crippen LogP contribution >= 0.6 is 0 Å². The Labute approximate surface area is 204 Å². The summed E-state index contributed by atoms with van der Waals surface area (Å²) in [5, 5.41) is 19.7. The molecular formula is C26H23F3N2O5. The summed E-state index contributed by atoms with van der Waals surface area (Å²) in [6.45, 7) is 1.58. The van der Waals surface area contributed by atoms with Crippen LogP contribution in [0.5, 0.6) is 0 Å². The first-order chi connectivity index (χ1) is 17.1. The minimum Gasteiger partial charge on any atom is -0.478 e. The highest BCUT2D eigenvalue weighted by Crippen LogP contribution is 2.33. The number of hydrogen-bond donors (Lipinski definition) is 3. The summed E-state index contributed by atoms with van der Waals surface area (Å²) in [5.74, 6) is -3.64. The van der Waals surface area contributed by atoms with E-state index in [-0.39, 0.29) is 11.5 Å². The molecule has 0 radical (unpaired) electrons. The van der Waals surface area contributed by atoms with Crippen molar-refractivity contribution in [2.45, 2.75) is 18.5 Å². The van der Waals surface area contributed by atoms with Gasteiger partial charge in [0, 0.05) is 30.3 Å². The van der Waals surface area contributed by atoms with Crippen LogP contribution in [0, 0.1) is 0 Å². The highest BCUT2D eigenvalue weighted by atomic mass is 19.4. The Bertz CT molecular complexity index is 1220. The molecule has 1 heterocycles. The molecule has 3 N–H and O–H groups in total. The molecule has 36 heavy (non-hydrogen) atoms. The van der Waals surface area contributed by atoms with Crippen LogP contribution in [0.1, 0.15) is 38.6 Å². The summed E-state index contributed by atoms with van der Waals surface area (Å²) in [6, 6.07) is 24.2. The molecule has 3 aromatic carbocycles. The van der Waals surface area contributed by atoms with Gasteiger partial charge in [-0.25, -0.2) is 9.59 Å². The quantitative estimate of drug-likeness (QED) is 0.441. The van der Waals surface area contributed by atoms with Gasteiger partial charge in [0.25, 0.3) is 5.91 Å². The van der Waals surface area contributed by atoms with Crippen LogP contribution in [0.4, 0.5) is 24.5 Å². The summed E-state index contributed by atoms with van der Waals surface area (Å²) < 4.78 is 31.7. The van der Waals surface area contributed by atoms with Crippen LogP contribution in [-0.2, 0) is 4.79 Å². The molecule has 0 bridgehead atoms. The van der Waals surface area contributed by atoms with Gasteiger partial charge < -0.3 is 20.4 Å². The molecule has 0 aromatic heterocycles. The Morgan fingerprint density at radius 1 is 0.889 bits per heavy atom. The van der Waals surface area contributed by atoms with Gasteiger partial charge in [-0.05, 0) is 42.3 Å². The van der Waals surface area contributed by atoms with Crippen molar-refractivity contribution < 1.29 is 37.8 Å². The maximum Gasteiger partial charge on any atom is 0.490 e. The fourth-order valence-electron chi connectivity index (χ4n) is 3.83. The lowest BCUT2D eigenvalue weighted by molar-refractivity contribution is -0.192. The van der Waals surface area contributed by atoms with E-state index < -0.39 is 18.1 Å². The number of carboxylic acids is 2. The van der Waals surface area contributed by atoms with Gasteiger partial charge in [-0.3, -0.25) is 4.79 Å². The predicted molar refractivity (Wildman–Crippen MR) is 128 cm³/mol. The van der Waals surface area contributed by atoms with E-state index in [1.807, 2.05) is 24.3 Å². The van der Waals surface area contributed by atoms with E-state index in [0.29, 0.717) is 22.9 Å². The first kappa shape index (κ1) is 26.3. The van der Waals surface area contributed by atoms with E-state index in [2.05, 4.69) is 22.3 Å². The molecule has 1 aliphatic heterocycles. The Hall–Kier alpha value is -4.34. The van der Waals surface area contributed by atoms with E-state index in [4.69, 9.17) is 9.90 Å². The molecular weight excluding hydrogens is 477 g/mol. The maximum absolute atomic E-state index is 12.4. The molecule has 1 atom stereocenters. The lowest BCUT2D eigenvalue weighted by Gasteiger charge is -2.21. The maximum atomic E-state index is 12.4. The second kappa shape index (κ2) is 11.4. The van der Waals surface area contributed by atoms with Gasteiger partial charge in [0.2, 0.25) is 0 Å². The molecule has 0 saturated carbocycles. The third-order valence-corrected chi connectivity index (χ3v) is 5.56. The fraction of sp³-hybridized carbons (Fsp3) is 0.192. The summed E-state index contributed by atoms with van der Waals surface area (Å²) in [6.07, 6.45) is -4.10. The topological polar surface area (TPSA) is 107 Å². The van der Waals surface area contributed by atoms with E-state index in [1.165, 1.54) is 11.6 Å². The zero-order valence-corrected chi connectivity index (χ0v) is 18.9. The standard InChI is InChI=1S/C24H22N2O3.C2HF3O2/c27-23(18-9-5-2-6-10-18)25-20-11-12-22(21(15-20)24(28)29)26-14-13-19(16-26)17-7-3-1-4-8-17;3-2(4,5)1(6)7/h1-12,15,19H,13-14,16H2,(H,25,27)(H,28,29);(H,6,7). The van der Waals surface area contributed by atoms with Crippen molar-refractivity contribution in [2.75, 3.05) is 23.3 Å². The number of amides is 1. The molecule has 7 nitrogen and oxygen atoms in total. The number of hydrogen-bond acceptors (Lipinski definition) is 4. The van der Waals surface area contributed by atoms with E-state index >= 15 is 0 Å². The van der Waals surface area contributed by atoms with Gasteiger partial charge in [-0.1, -0.05) is 48.5 Å². The second-order valence-electron chi connectivity index (χ2n) is 8.00. The summed E-state index contributed by atoms with van der Waals surface area (Å²) in [7, 11) is 0. The van der Waals surface area contributed by atoms with Crippen molar-refractivity contribution >= 4 is 29.2 Å². The summed E-state index contributed by atoms with van der Waals surface area (Å²) >= 11 is 0. The number of nitrogens with one attached hydrogen (secondary N) is 1. The van der Waals surface area contributed by atoms with E-state index in [0.717, 1.165) is 19.5 Å². The molecule has 0 aliphatic carbocycles. The number of carbonyl (C=O) groups is 3. The van der Waals surface area contributed by atoms with E-state index in [9.17, 15) is 27.9 Å². The average molecular weight is 500 g/mol. The summed E-state index contributed by atoms with van der Waals surface area (Å²) in [4.78, 5) is 35.3. The average Bonchev–Trinajstić information content (AvgIpc) is 3.35. The predicted octanol–water partition coefficient (Wildman–Crippen LogP) is 5.26. The van der Waals surface area contributed by atoms with Crippen LogP contribution in [0.3, 0.4) is 0 Å². The van der Waals surface area contributed by atoms with Crippen molar-refractivity contribution in [3.8, 4) is 0 Å². The van der Waals surface area contributed by atoms with Crippen LogP contribution < -0.4 is 10.2 Å². The number of benzene rings is 3. The number of aliphatic carboxylic acids is 1. The third kappa shape index (κ3) is 6.84. The number of carbonyl (C=O) groups excluding carboxylic acids is 1. The van der Waals surface area contributed by atoms with Crippen LogP contribution in [0.15, 0.2) is 78.9 Å². The van der Waals surface area contributed by atoms with Crippen LogP contribution in [0.25, 0.3) is 0 Å². The first-order valence-corrected chi connectivity index (χ1v) is 10.9. The van der Waals surface area contributed by atoms with Crippen LogP contribution in [-0.4, -0.2) is 47.3 Å². The molecule has 10 heteroatoms.